The fraction of sp³-hybridized carbons (Fsp3) is 0.333. The first-order valence-electron chi connectivity index (χ1n) is 7.72. The first-order valence-corrected chi connectivity index (χ1v) is 7.72. The van der Waals surface area contributed by atoms with Gasteiger partial charge in [-0.25, -0.2) is 0 Å². The molecule has 2 N–H and O–H groups in total. The van der Waals surface area contributed by atoms with Gasteiger partial charge in [-0.1, -0.05) is 12.1 Å². The topological polar surface area (TPSA) is 63.2 Å². The molecule has 0 bridgehead atoms. The van der Waals surface area contributed by atoms with Crippen LogP contribution in [-0.2, 0) is 6.42 Å². The van der Waals surface area contributed by atoms with E-state index in [0.29, 0.717) is 18.3 Å². The number of methoxy groups -OCH3 is 1. The molecule has 0 spiro atoms. The second-order valence-electron chi connectivity index (χ2n) is 5.59. The lowest BCUT2D eigenvalue weighted by Gasteiger charge is -2.11. The molecule has 23 heavy (non-hydrogen) atoms. The second-order valence-corrected chi connectivity index (χ2v) is 5.59. The van der Waals surface area contributed by atoms with Crippen LogP contribution in [0.3, 0.4) is 0 Å². The number of hydrogen-bond donors (Lipinski definition) is 2. The van der Waals surface area contributed by atoms with Crippen molar-refractivity contribution in [3.05, 3.63) is 53.9 Å². The monoisotopic (exact) mass is 313 g/mol. The molecule has 0 fully saturated rings. The zero-order valence-electron chi connectivity index (χ0n) is 13.8. The molecule has 0 atom stereocenters. The maximum Gasteiger partial charge on any atom is 0.269 e. The van der Waals surface area contributed by atoms with Crippen molar-refractivity contribution in [1.82, 2.24) is 10.3 Å². The van der Waals surface area contributed by atoms with Gasteiger partial charge in [0.1, 0.15) is 11.4 Å². The summed E-state index contributed by atoms with van der Waals surface area (Å²) in [6, 6.07) is 11.8. The maximum absolute atomic E-state index is 12.2. The molecule has 2 aromatic rings. The molecule has 0 aliphatic carbocycles. The van der Waals surface area contributed by atoms with E-state index in [1.807, 2.05) is 44.2 Å². The molecule has 1 aromatic heterocycles. The van der Waals surface area contributed by atoms with Gasteiger partial charge in [-0.2, -0.15) is 0 Å². The molecule has 0 unspecified atom stereocenters. The van der Waals surface area contributed by atoms with Gasteiger partial charge in [-0.05, 0) is 50.1 Å². The van der Waals surface area contributed by atoms with Crippen molar-refractivity contribution < 1.29 is 9.53 Å². The van der Waals surface area contributed by atoms with E-state index >= 15 is 0 Å². The van der Waals surface area contributed by atoms with Crippen LogP contribution < -0.4 is 15.4 Å². The third kappa shape index (κ3) is 5.29. The number of nitrogens with one attached hydrogen (secondary N) is 2. The number of anilines is 1. The number of ether oxygens (including phenoxy) is 1. The molecule has 1 amide bonds. The number of rotatable bonds is 7. The quantitative estimate of drug-likeness (QED) is 0.825. The molecule has 2 rings (SSSR count). The minimum atomic E-state index is -0.166. The number of pyridine rings is 1. The van der Waals surface area contributed by atoms with Gasteiger partial charge in [0.05, 0.1) is 7.11 Å². The molecule has 0 radical (unpaired) electrons. The van der Waals surface area contributed by atoms with Gasteiger partial charge in [0.25, 0.3) is 5.91 Å². The SMILES string of the molecule is COc1cccc(CCNC(=O)c2cc(NC(C)C)ccn2)c1. The van der Waals surface area contributed by atoms with E-state index < -0.39 is 0 Å². The Hall–Kier alpha value is -2.56. The lowest BCUT2D eigenvalue weighted by molar-refractivity contribution is 0.0949. The standard InChI is InChI=1S/C18H23N3O2/c1-13(2)21-15-8-10-19-17(12-15)18(22)20-9-7-14-5-4-6-16(11-14)23-3/h4-6,8,10-13H,7,9H2,1-3H3,(H,19,21)(H,20,22). The predicted octanol–water partition coefficient (Wildman–Crippen LogP) is 2.88. The van der Waals surface area contributed by atoms with Gasteiger partial charge in [0.15, 0.2) is 0 Å². The Morgan fingerprint density at radius 1 is 1.26 bits per heavy atom. The molecule has 0 aliphatic rings. The van der Waals surface area contributed by atoms with Crippen LogP contribution in [0.15, 0.2) is 42.6 Å². The van der Waals surface area contributed by atoms with Crippen LogP contribution >= 0.6 is 0 Å². The number of carbonyl (C=O) groups is 1. The number of aromatic nitrogens is 1. The van der Waals surface area contributed by atoms with E-state index in [1.54, 1.807) is 19.4 Å². The highest BCUT2D eigenvalue weighted by atomic mass is 16.5. The fourth-order valence-corrected chi connectivity index (χ4v) is 2.22. The number of hydrogen-bond acceptors (Lipinski definition) is 4. The number of amides is 1. The lowest BCUT2D eigenvalue weighted by Crippen LogP contribution is -2.26. The summed E-state index contributed by atoms with van der Waals surface area (Å²) in [7, 11) is 1.64. The molecule has 1 heterocycles. The highest BCUT2D eigenvalue weighted by Crippen LogP contribution is 2.13. The van der Waals surface area contributed by atoms with Crippen LogP contribution in [0.4, 0.5) is 5.69 Å². The summed E-state index contributed by atoms with van der Waals surface area (Å²) in [5.74, 6) is 0.656. The largest absolute Gasteiger partial charge is 0.497 e. The van der Waals surface area contributed by atoms with E-state index in [9.17, 15) is 4.79 Å². The molecular formula is C18H23N3O2. The van der Waals surface area contributed by atoms with Gasteiger partial charge in [-0.3, -0.25) is 9.78 Å². The minimum absolute atomic E-state index is 0.166. The molecule has 0 aliphatic heterocycles. The summed E-state index contributed by atoms with van der Waals surface area (Å²) < 4.78 is 5.19. The van der Waals surface area contributed by atoms with Crippen LogP contribution in [0.2, 0.25) is 0 Å². The van der Waals surface area contributed by atoms with E-state index in [-0.39, 0.29) is 5.91 Å². The zero-order chi connectivity index (χ0) is 16.7. The first kappa shape index (κ1) is 16.8. The number of benzene rings is 1. The van der Waals surface area contributed by atoms with Gasteiger partial charge in [-0.15, -0.1) is 0 Å². The van der Waals surface area contributed by atoms with Crippen molar-refractivity contribution in [3.8, 4) is 5.75 Å². The normalized spacial score (nSPS) is 10.4. The maximum atomic E-state index is 12.2. The molecular weight excluding hydrogens is 290 g/mol. The molecule has 0 saturated heterocycles. The van der Waals surface area contributed by atoms with E-state index in [2.05, 4.69) is 15.6 Å². The predicted molar refractivity (Wildman–Crippen MR) is 92.0 cm³/mol. The zero-order valence-corrected chi connectivity index (χ0v) is 13.8. The van der Waals surface area contributed by atoms with Crippen LogP contribution in [-0.4, -0.2) is 30.6 Å². The Morgan fingerprint density at radius 2 is 2.09 bits per heavy atom. The average Bonchev–Trinajstić information content (AvgIpc) is 2.54. The summed E-state index contributed by atoms with van der Waals surface area (Å²) in [5, 5.41) is 6.16. The summed E-state index contributed by atoms with van der Waals surface area (Å²) in [5.41, 5.74) is 2.43. The van der Waals surface area contributed by atoms with E-state index in [0.717, 1.165) is 23.4 Å². The molecule has 0 saturated carbocycles. The summed E-state index contributed by atoms with van der Waals surface area (Å²) in [6.07, 6.45) is 2.38. The van der Waals surface area contributed by atoms with Crippen LogP contribution in [0, 0.1) is 0 Å². The van der Waals surface area contributed by atoms with Crippen LogP contribution in [0.5, 0.6) is 5.75 Å². The van der Waals surface area contributed by atoms with Crippen molar-refractivity contribution in [2.24, 2.45) is 0 Å². The number of carbonyl (C=O) groups excluding carboxylic acids is 1. The average molecular weight is 313 g/mol. The molecule has 5 heteroatoms. The van der Waals surface area contributed by atoms with Crippen molar-refractivity contribution in [1.29, 1.82) is 0 Å². The van der Waals surface area contributed by atoms with Crippen LogP contribution in [0.1, 0.15) is 29.9 Å². The summed E-state index contributed by atoms with van der Waals surface area (Å²) >= 11 is 0. The third-order valence-electron chi connectivity index (χ3n) is 3.28. The second kappa shape index (κ2) is 8.17. The van der Waals surface area contributed by atoms with E-state index in [4.69, 9.17) is 4.74 Å². The van der Waals surface area contributed by atoms with E-state index in [1.165, 1.54) is 0 Å². The Labute approximate surface area is 137 Å². The van der Waals surface area contributed by atoms with Crippen LogP contribution in [0.25, 0.3) is 0 Å². The van der Waals surface area contributed by atoms with Gasteiger partial charge < -0.3 is 15.4 Å². The highest BCUT2D eigenvalue weighted by Gasteiger charge is 2.08. The first-order chi connectivity index (χ1) is 11.1. The lowest BCUT2D eigenvalue weighted by atomic mass is 10.1. The third-order valence-corrected chi connectivity index (χ3v) is 3.28. The molecule has 122 valence electrons. The Bertz CT molecular complexity index is 656. The summed E-state index contributed by atoms with van der Waals surface area (Å²) in [6.45, 7) is 4.65. The van der Waals surface area contributed by atoms with Crippen molar-refractivity contribution in [3.63, 3.8) is 0 Å². The number of nitrogens with zero attached hydrogens (tertiary/aromatic N) is 1. The Morgan fingerprint density at radius 3 is 2.83 bits per heavy atom. The van der Waals surface area contributed by atoms with Crippen molar-refractivity contribution in [2.75, 3.05) is 19.0 Å². The Balaban J connectivity index is 1.89. The fourth-order valence-electron chi connectivity index (χ4n) is 2.22. The van der Waals surface area contributed by atoms with Gasteiger partial charge >= 0.3 is 0 Å². The van der Waals surface area contributed by atoms with Crippen molar-refractivity contribution in [2.45, 2.75) is 26.3 Å². The summed E-state index contributed by atoms with van der Waals surface area (Å²) in [4.78, 5) is 16.3. The minimum Gasteiger partial charge on any atom is -0.497 e. The highest BCUT2D eigenvalue weighted by molar-refractivity contribution is 5.93. The molecule has 5 nitrogen and oxygen atoms in total. The molecule has 1 aromatic carbocycles. The smallest absolute Gasteiger partial charge is 0.269 e. The van der Waals surface area contributed by atoms with Gasteiger partial charge in [0.2, 0.25) is 0 Å². The van der Waals surface area contributed by atoms with Crippen molar-refractivity contribution >= 4 is 11.6 Å². The Kier molecular flexibility index (Phi) is 5.97. The van der Waals surface area contributed by atoms with Gasteiger partial charge in [0, 0.05) is 24.5 Å².